The van der Waals surface area contributed by atoms with Crippen molar-refractivity contribution in [3.05, 3.63) is 0 Å². The highest BCUT2D eigenvalue weighted by atomic mass is 31.2. The summed E-state index contributed by atoms with van der Waals surface area (Å²) in [7, 11) is -3.36. The Morgan fingerprint density at radius 1 is 0.511 bits per heavy atom. The van der Waals surface area contributed by atoms with Crippen molar-refractivity contribution >= 4 is 13.5 Å². The van der Waals surface area contributed by atoms with Gasteiger partial charge in [-0.15, -0.1) is 0 Å². The third-order valence-electron chi connectivity index (χ3n) is 9.88. The number of hydrogen-bond acceptors (Lipinski definition) is 3. The maximum Gasteiger partial charge on any atom is 0.325 e. The lowest BCUT2D eigenvalue weighted by molar-refractivity contribution is -0.125. The highest BCUT2D eigenvalue weighted by Crippen LogP contribution is 2.36. The summed E-state index contributed by atoms with van der Waals surface area (Å²) in [6.45, 7) is 6.87. The van der Waals surface area contributed by atoms with Crippen molar-refractivity contribution in [1.29, 1.82) is 0 Å². The summed E-state index contributed by atoms with van der Waals surface area (Å²) in [5.41, 5.74) is 0. The molecule has 0 fully saturated rings. The van der Waals surface area contributed by atoms with Crippen molar-refractivity contribution in [3.63, 3.8) is 0 Å². The molecular formula is C41H84NO4P. The molecule has 0 aromatic carbocycles. The Balaban J connectivity index is 4.09. The fourth-order valence-corrected chi connectivity index (χ4v) is 7.22. The van der Waals surface area contributed by atoms with Gasteiger partial charge in [-0.25, -0.2) is 0 Å². The predicted octanol–water partition coefficient (Wildman–Crippen LogP) is 13.9. The molecule has 0 spiro atoms. The van der Waals surface area contributed by atoms with Crippen molar-refractivity contribution in [3.8, 4) is 0 Å². The molecule has 2 N–H and O–H groups in total. The van der Waals surface area contributed by atoms with Gasteiger partial charge in [0.25, 0.3) is 0 Å². The molecule has 0 aromatic rings. The van der Waals surface area contributed by atoms with Crippen LogP contribution < -0.4 is 5.32 Å². The molecule has 282 valence electrons. The van der Waals surface area contributed by atoms with Gasteiger partial charge in [-0.1, -0.05) is 206 Å². The monoisotopic (exact) mass is 686 g/mol. The molecule has 0 saturated carbocycles. The third-order valence-corrected chi connectivity index (χ3v) is 10.5. The second-order valence-electron chi connectivity index (χ2n) is 14.8. The molecule has 1 amide bonds. The van der Waals surface area contributed by atoms with E-state index >= 15 is 0 Å². The number of carbonyl (C=O) groups excluding carboxylic acids is 1. The zero-order valence-corrected chi connectivity index (χ0v) is 33.0. The summed E-state index contributed by atoms with van der Waals surface area (Å²) in [6.07, 6.45) is 44.1. The van der Waals surface area contributed by atoms with Crippen molar-refractivity contribution in [2.24, 2.45) is 5.92 Å². The number of nitrogens with one attached hydrogen (secondary N) is 1. The van der Waals surface area contributed by atoms with Gasteiger partial charge in [-0.3, -0.25) is 9.36 Å². The minimum atomic E-state index is -3.36. The minimum Gasteiger partial charge on any atom is -0.356 e. The predicted molar refractivity (Wildman–Crippen MR) is 207 cm³/mol. The molecule has 0 aliphatic heterocycles. The standard InChI is InChI=1S/C41H84NO4P/c1-4-6-8-10-12-14-16-18-20-22-24-26-28-32-36-40(41(43)42-38-34-30-31-35-39-46-47(3,44)45)37-33-29-27-25-23-21-19-17-15-13-11-9-7-5-2/h40H,4-39H2,1-3H3,(H,42,43)(H,44,45). The van der Waals surface area contributed by atoms with Crippen LogP contribution >= 0.6 is 7.60 Å². The Kier molecular flexibility index (Phi) is 36.6. The second kappa shape index (κ2) is 36.9. The highest BCUT2D eigenvalue weighted by molar-refractivity contribution is 7.51. The molecule has 0 aromatic heterocycles. The normalized spacial score (nSPS) is 13.0. The van der Waals surface area contributed by atoms with Gasteiger partial charge >= 0.3 is 7.60 Å². The van der Waals surface area contributed by atoms with Crippen molar-refractivity contribution in [2.75, 3.05) is 19.8 Å². The average Bonchev–Trinajstić information content (AvgIpc) is 3.04. The summed E-state index contributed by atoms with van der Waals surface area (Å²) in [4.78, 5) is 22.3. The molecule has 1 unspecified atom stereocenters. The molecule has 0 aliphatic rings. The number of amides is 1. The third kappa shape index (κ3) is 38.3. The van der Waals surface area contributed by atoms with E-state index in [2.05, 4.69) is 19.2 Å². The van der Waals surface area contributed by atoms with Gasteiger partial charge < -0.3 is 14.7 Å². The molecule has 1 atom stereocenters. The van der Waals surface area contributed by atoms with Crippen molar-refractivity contribution in [1.82, 2.24) is 5.32 Å². The smallest absolute Gasteiger partial charge is 0.325 e. The quantitative estimate of drug-likeness (QED) is 0.0499. The van der Waals surface area contributed by atoms with E-state index in [1.165, 1.54) is 186 Å². The van der Waals surface area contributed by atoms with Gasteiger partial charge in [0.1, 0.15) is 0 Å². The van der Waals surface area contributed by atoms with E-state index in [-0.39, 0.29) is 11.8 Å². The summed E-state index contributed by atoms with van der Waals surface area (Å²) >= 11 is 0. The average molecular weight is 686 g/mol. The molecule has 0 radical (unpaired) electrons. The van der Waals surface area contributed by atoms with Crippen LogP contribution in [-0.2, 0) is 13.9 Å². The Morgan fingerprint density at radius 3 is 1.15 bits per heavy atom. The van der Waals surface area contributed by atoms with Gasteiger partial charge in [0.2, 0.25) is 5.91 Å². The zero-order valence-electron chi connectivity index (χ0n) is 32.2. The van der Waals surface area contributed by atoms with Crippen LogP contribution in [0.2, 0.25) is 0 Å². The van der Waals surface area contributed by atoms with Gasteiger partial charge in [-0.2, -0.15) is 0 Å². The van der Waals surface area contributed by atoms with Gasteiger partial charge in [0.15, 0.2) is 0 Å². The van der Waals surface area contributed by atoms with Crippen LogP contribution in [0.25, 0.3) is 0 Å². The van der Waals surface area contributed by atoms with Gasteiger partial charge in [-0.05, 0) is 25.7 Å². The first-order valence-corrected chi connectivity index (χ1v) is 23.2. The van der Waals surface area contributed by atoms with E-state index in [1.54, 1.807) is 0 Å². The summed E-state index contributed by atoms with van der Waals surface area (Å²) in [5.74, 6) is 0.436. The second-order valence-corrected chi connectivity index (χ2v) is 16.7. The lowest BCUT2D eigenvalue weighted by Crippen LogP contribution is -2.31. The first-order chi connectivity index (χ1) is 22.9. The molecule has 47 heavy (non-hydrogen) atoms. The number of hydrogen-bond donors (Lipinski definition) is 2. The SMILES string of the molecule is CCCCCCCCCCCCCCCCC(CCCCCCCCCCCCCCCC)C(=O)NCCCCCCOP(C)(=O)O. The van der Waals surface area contributed by atoms with Gasteiger partial charge in [0, 0.05) is 19.1 Å². The van der Waals surface area contributed by atoms with Gasteiger partial charge in [0.05, 0.1) is 6.61 Å². The number of rotatable bonds is 39. The van der Waals surface area contributed by atoms with Crippen LogP contribution in [0.5, 0.6) is 0 Å². The number of unbranched alkanes of at least 4 members (excludes halogenated alkanes) is 29. The van der Waals surface area contributed by atoms with Crippen LogP contribution in [0.1, 0.15) is 232 Å². The lowest BCUT2D eigenvalue weighted by Gasteiger charge is -2.17. The molecule has 0 saturated heterocycles. The summed E-state index contributed by atoms with van der Waals surface area (Å²) < 4.78 is 16.2. The molecule has 5 nitrogen and oxygen atoms in total. The van der Waals surface area contributed by atoms with Crippen LogP contribution in [0.4, 0.5) is 0 Å². The van der Waals surface area contributed by atoms with E-state index in [0.29, 0.717) is 6.61 Å². The summed E-state index contributed by atoms with van der Waals surface area (Å²) in [5, 5.41) is 3.24. The fraction of sp³-hybridized carbons (Fsp3) is 0.976. The molecule has 0 rings (SSSR count). The van der Waals surface area contributed by atoms with Crippen LogP contribution in [0.3, 0.4) is 0 Å². The van der Waals surface area contributed by atoms with E-state index in [1.807, 2.05) is 0 Å². The van der Waals surface area contributed by atoms with E-state index in [9.17, 15) is 14.3 Å². The Morgan fingerprint density at radius 2 is 0.809 bits per heavy atom. The first kappa shape index (κ1) is 46.6. The van der Waals surface area contributed by atoms with Crippen molar-refractivity contribution in [2.45, 2.75) is 232 Å². The highest BCUT2D eigenvalue weighted by Gasteiger charge is 2.17. The molecule has 0 bridgehead atoms. The first-order valence-electron chi connectivity index (χ1n) is 21.1. The Labute approximate surface area is 294 Å². The fourth-order valence-electron chi connectivity index (χ4n) is 6.75. The molecule has 6 heteroatoms. The largest absolute Gasteiger partial charge is 0.356 e. The topological polar surface area (TPSA) is 75.6 Å². The molecular weight excluding hydrogens is 601 g/mol. The zero-order chi connectivity index (χ0) is 34.5. The molecule has 0 aliphatic carbocycles. The Hall–Kier alpha value is -0.380. The van der Waals surface area contributed by atoms with Crippen LogP contribution in [0, 0.1) is 5.92 Å². The lowest BCUT2D eigenvalue weighted by atomic mass is 9.93. The molecule has 0 heterocycles. The maximum atomic E-state index is 13.1. The summed E-state index contributed by atoms with van der Waals surface area (Å²) in [6, 6.07) is 0. The van der Waals surface area contributed by atoms with Crippen LogP contribution in [-0.4, -0.2) is 30.6 Å². The van der Waals surface area contributed by atoms with Crippen LogP contribution in [0.15, 0.2) is 0 Å². The van der Waals surface area contributed by atoms with E-state index in [4.69, 9.17) is 4.52 Å². The maximum absolute atomic E-state index is 13.1. The van der Waals surface area contributed by atoms with E-state index < -0.39 is 7.60 Å². The number of carbonyl (C=O) groups is 1. The minimum absolute atomic E-state index is 0.168. The van der Waals surface area contributed by atoms with Crippen molar-refractivity contribution < 1.29 is 18.8 Å². The van der Waals surface area contributed by atoms with E-state index in [0.717, 1.165) is 45.1 Å². The Bertz CT molecular complexity index is 650.